The molecule has 3 nitrogen and oxygen atoms in total. The van der Waals surface area contributed by atoms with E-state index in [2.05, 4.69) is 4.74 Å². The second-order valence-corrected chi connectivity index (χ2v) is 2.53. The Kier molecular flexibility index (Phi) is 2.70. The molecule has 1 N–H and O–H groups in total. The van der Waals surface area contributed by atoms with Gasteiger partial charge in [-0.25, -0.2) is 4.39 Å². The molecule has 0 saturated heterocycles. The molecule has 0 aliphatic carbocycles. The summed E-state index contributed by atoms with van der Waals surface area (Å²) in [5, 5.41) is -0.714. The number of aromatic amines is 1. The Morgan fingerprint density at radius 2 is 2.00 bits per heavy atom. The highest BCUT2D eigenvalue weighted by molar-refractivity contribution is 6.30. The minimum Gasteiger partial charge on any atom is -0.398 e. The highest BCUT2D eigenvalue weighted by Gasteiger charge is 2.34. The van der Waals surface area contributed by atoms with Crippen LogP contribution < -0.4 is 10.2 Å². The van der Waals surface area contributed by atoms with Gasteiger partial charge in [-0.3, -0.25) is 4.79 Å². The Morgan fingerprint density at radius 3 is 2.50 bits per heavy atom. The highest BCUT2D eigenvalue weighted by Crippen LogP contribution is 2.24. The third-order valence-electron chi connectivity index (χ3n) is 1.17. The number of aromatic nitrogens is 1. The molecule has 78 valence electrons. The maximum atomic E-state index is 12.5. The molecule has 1 rings (SSSR count). The molecule has 0 radical (unpaired) electrons. The largest absolute Gasteiger partial charge is 0.573 e. The van der Waals surface area contributed by atoms with Crippen molar-refractivity contribution >= 4 is 11.6 Å². The number of hydrogen-bond donors (Lipinski definition) is 1. The lowest BCUT2D eigenvalue weighted by molar-refractivity contribution is -0.275. The molecule has 0 aliphatic heterocycles. The van der Waals surface area contributed by atoms with E-state index in [-0.39, 0.29) is 0 Å². The smallest absolute Gasteiger partial charge is 0.398 e. The lowest BCUT2D eigenvalue weighted by atomic mass is 10.4. The summed E-state index contributed by atoms with van der Waals surface area (Å²) in [6, 6.07) is 0. The normalized spacial score (nSPS) is 11.5. The zero-order chi connectivity index (χ0) is 10.9. The molecule has 0 fully saturated rings. The Labute approximate surface area is 79.3 Å². The Hall–Kier alpha value is -1.24. The topological polar surface area (TPSA) is 42.1 Å². The van der Waals surface area contributed by atoms with Gasteiger partial charge in [-0.05, 0) is 0 Å². The second-order valence-electron chi connectivity index (χ2n) is 2.16. The number of ether oxygens (including phenoxy) is 1. The van der Waals surface area contributed by atoms with E-state index < -0.39 is 28.5 Å². The molecule has 0 aromatic carbocycles. The van der Waals surface area contributed by atoms with Gasteiger partial charge in [-0.15, -0.1) is 13.2 Å². The summed E-state index contributed by atoms with van der Waals surface area (Å²) in [5.41, 5.74) is -1.55. The second kappa shape index (κ2) is 3.49. The molecule has 0 saturated carbocycles. The molecule has 0 unspecified atom stereocenters. The van der Waals surface area contributed by atoms with Gasteiger partial charge in [0.15, 0.2) is 11.0 Å². The maximum absolute atomic E-state index is 12.5. The van der Waals surface area contributed by atoms with Crippen LogP contribution in [0.5, 0.6) is 5.75 Å². The van der Waals surface area contributed by atoms with E-state index in [0.29, 0.717) is 6.20 Å². The monoisotopic (exact) mass is 231 g/mol. The standard InChI is InChI=1S/C6H2ClF4NO2/c7-5-4(14-6(9,10)11)3(13)2(8)1-12-5/h1H,(H,12,13). The third kappa shape index (κ3) is 2.38. The van der Waals surface area contributed by atoms with Crippen molar-refractivity contribution in [2.45, 2.75) is 6.36 Å². The van der Waals surface area contributed by atoms with Crippen molar-refractivity contribution in [2.24, 2.45) is 0 Å². The van der Waals surface area contributed by atoms with Crippen LogP contribution in [0.2, 0.25) is 5.15 Å². The fraction of sp³-hybridized carbons (Fsp3) is 0.167. The first-order valence-electron chi connectivity index (χ1n) is 3.13. The van der Waals surface area contributed by atoms with E-state index in [1.165, 1.54) is 0 Å². The Morgan fingerprint density at radius 1 is 1.43 bits per heavy atom. The first kappa shape index (κ1) is 10.8. The fourth-order valence-corrected chi connectivity index (χ4v) is 0.852. The number of nitrogens with one attached hydrogen (secondary N) is 1. The van der Waals surface area contributed by atoms with Crippen molar-refractivity contribution in [3.8, 4) is 5.75 Å². The average Bonchev–Trinajstić information content (AvgIpc) is 2.04. The first-order chi connectivity index (χ1) is 6.31. The van der Waals surface area contributed by atoms with Gasteiger partial charge in [0, 0.05) is 6.20 Å². The van der Waals surface area contributed by atoms with Crippen LogP contribution in [0.3, 0.4) is 0 Å². The molecular weight excluding hydrogens is 230 g/mol. The Balaban J connectivity index is 3.21. The van der Waals surface area contributed by atoms with E-state index in [1.807, 2.05) is 4.98 Å². The van der Waals surface area contributed by atoms with Crippen LogP contribution in [-0.2, 0) is 0 Å². The number of rotatable bonds is 1. The summed E-state index contributed by atoms with van der Waals surface area (Å²) < 4.78 is 50.7. The van der Waals surface area contributed by atoms with Crippen molar-refractivity contribution in [1.82, 2.24) is 4.98 Å². The molecule has 0 amide bonds. The number of hydrogen-bond acceptors (Lipinski definition) is 2. The summed E-state index contributed by atoms with van der Waals surface area (Å²) in [6.07, 6.45) is -4.56. The van der Waals surface area contributed by atoms with Crippen LogP contribution in [0.4, 0.5) is 17.6 Å². The van der Waals surface area contributed by atoms with E-state index in [4.69, 9.17) is 11.6 Å². The van der Waals surface area contributed by atoms with Crippen LogP contribution in [0.25, 0.3) is 0 Å². The van der Waals surface area contributed by atoms with Gasteiger partial charge in [-0.1, -0.05) is 11.6 Å². The van der Waals surface area contributed by atoms with Crippen molar-refractivity contribution in [3.05, 3.63) is 27.4 Å². The van der Waals surface area contributed by atoms with Gasteiger partial charge < -0.3 is 9.72 Å². The summed E-state index contributed by atoms with van der Waals surface area (Å²) in [4.78, 5) is 12.7. The van der Waals surface area contributed by atoms with Crippen molar-refractivity contribution in [3.63, 3.8) is 0 Å². The molecule has 0 aliphatic rings. The van der Waals surface area contributed by atoms with E-state index in [9.17, 15) is 22.4 Å². The SMILES string of the molecule is O=c1c(F)c[nH]c(Cl)c1OC(F)(F)F. The molecule has 1 heterocycles. The van der Waals surface area contributed by atoms with E-state index >= 15 is 0 Å². The highest BCUT2D eigenvalue weighted by atomic mass is 35.5. The summed E-state index contributed by atoms with van der Waals surface area (Å²) in [5.74, 6) is -2.71. The molecule has 0 bridgehead atoms. The average molecular weight is 232 g/mol. The lowest BCUT2D eigenvalue weighted by Crippen LogP contribution is -2.23. The molecular formula is C6H2ClF4NO2. The lowest BCUT2D eigenvalue weighted by Gasteiger charge is -2.08. The zero-order valence-electron chi connectivity index (χ0n) is 6.28. The number of pyridine rings is 1. The minimum absolute atomic E-state index is 0.536. The van der Waals surface area contributed by atoms with Gasteiger partial charge in [0.05, 0.1) is 0 Å². The predicted octanol–water partition coefficient (Wildman–Crippen LogP) is 2.07. The van der Waals surface area contributed by atoms with Crippen molar-refractivity contribution in [1.29, 1.82) is 0 Å². The van der Waals surface area contributed by atoms with Crippen LogP contribution in [0.15, 0.2) is 11.0 Å². The van der Waals surface area contributed by atoms with E-state index in [0.717, 1.165) is 0 Å². The molecule has 8 heteroatoms. The van der Waals surface area contributed by atoms with Crippen LogP contribution in [0, 0.1) is 5.82 Å². The van der Waals surface area contributed by atoms with Crippen molar-refractivity contribution < 1.29 is 22.3 Å². The third-order valence-corrected chi connectivity index (χ3v) is 1.45. The van der Waals surface area contributed by atoms with Crippen molar-refractivity contribution in [2.75, 3.05) is 0 Å². The van der Waals surface area contributed by atoms with E-state index in [1.54, 1.807) is 0 Å². The quantitative estimate of drug-likeness (QED) is 0.594. The number of halogens is 5. The van der Waals surface area contributed by atoms with Gasteiger partial charge in [-0.2, -0.15) is 0 Å². The van der Waals surface area contributed by atoms with Gasteiger partial charge in [0.25, 0.3) is 5.43 Å². The predicted molar refractivity (Wildman–Crippen MR) is 38.7 cm³/mol. The number of alkyl halides is 3. The molecule has 14 heavy (non-hydrogen) atoms. The maximum Gasteiger partial charge on any atom is 0.573 e. The summed E-state index contributed by atoms with van der Waals surface area (Å²) >= 11 is 5.16. The summed E-state index contributed by atoms with van der Waals surface area (Å²) in [6.45, 7) is 0. The molecule has 0 atom stereocenters. The Bertz CT molecular complexity index is 400. The van der Waals surface area contributed by atoms with Gasteiger partial charge in [0.2, 0.25) is 5.75 Å². The fourth-order valence-electron chi connectivity index (χ4n) is 0.673. The molecule has 0 spiro atoms. The van der Waals surface area contributed by atoms with Gasteiger partial charge in [0.1, 0.15) is 0 Å². The van der Waals surface area contributed by atoms with Crippen LogP contribution in [-0.4, -0.2) is 11.3 Å². The van der Waals surface area contributed by atoms with Crippen LogP contribution >= 0.6 is 11.6 Å². The molecule has 1 aromatic heterocycles. The minimum atomic E-state index is -5.09. The summed E-state index contributed by atoms with van der Waals surface area (Å²) in [7, 11) is 0. The first-order valence-corrected chi connectivity index (χ1v) is 3.51. The number of H-pyrrole nitrogens is 1. The van der Waals surface area contributed by atoms with Crippen LogP contribution in [0.1, 0.15) is 0 Å². The van der Waals surface area contributed by atoms with Gasteiger partial charge >= 0.3 is 6.36 Å². The molecule has 1 aromatic rings. The zero-order valence-corrected chi connectivity index (χ0v) is 7.04.